The second-order valence-electron chi connectivity index (χ2n) is 4.72. The monoisotopic (exact) mass is 224 g/mol. The number of alkyl halides is 3. The number of hydrogen-bond acceptors (Lipinski definition) is 2. The van der Waals surface area contributed by atoms with Crippen LogP contribution in [0.15, 0.2) is 0 Å². The summed E-state index contributed by atoms with van der Waals surface area (Å²) in [7, 11) is 0. The molecule has 0 bridgehead atoms. The van der Waals surface area contributed by atoms with Crippen molar-refractivity contribution in [1.82, 2.24) is 4.90 Å². The lowest BCUT2D eigenvalue weighted by Gasteiger charge is -2.43. The van der Waals surface area contributed by atoms with Crippen molar-refractivity contribution in [3.8, 4) is 0 Å². The SMILES string of the molecule is CC1C(N)CN(C(C)C)CC1C(F)(F)F. The zero-order valence-electron chi connectivity index (χ0n) is 9.38. The predicted octanol–water partition coefficient (Wildman–Crippen LogP) is 1.85. The van der Waals surface area contributed by atoms with Crippen molar-refractivity contribution < 1.29 is 13.2 Å². The molecule has 0 radical (unpaired) electrons. The zero-order chi connectivity index (χ0) is 11.8. The van der Waals surface area contributed by atoms with Gasteiger partial charge in [0.15, 0.2) is 0 Å². The van der Waals surface area contributed by atoms with Gasteiger partial charge in [-0.3, -0.25) is 4.90 Å². The van der Waals surface area contributed by atoms with Crippen LogP contribution in [-0.4, -0.2) is 36.2 Å². The van der Waals surface area contributed by atoms with Crippen molar-refractivity contribution in [3.05, 3.63) is 0 Å². The Hall–Kier alpha value is -0.290. The van der Waals surface area contributed by atoms with Gasteiger partial charge in [-0.2, -0.15) is 13.2 Å². The van der Waals surface area contributed by atoms with E-state index in [0.29, 0.717) is 6.54 Å². The van der Waals surface area contributed by atoms with Gasteiger partial charge in [0, 0.05) is 25.2 Å². The number of nitrogens with zero attached hydrogens (tertiary/aromatic N) is 1. The average molecular weight is 224 g/mol. The molecule has 2 N–H and O–H groups in total. The standard InChI is InChI=1S/C10H19F3N2/c1-6(2)15-4-8(10(11,12)13)7(3)9(14)5-15/h6-9H,4-5,14H2,1-3H3. The Kier molecular flexibility index (Phi) is 3.66. The minimum absolute atomic E-state index is 0.0794. The highest BCUT2D eigenvalue weighted by Crippen LogP contribution is 2.37. The molecular weight excluding hydrogens is 205 g/mol. The van der Waals surface area contributed by atoms with E-state index >= 15 is 0 Å². The second kappa shape index (κ2) is 4.29. The summed E-state index contributed by atoms with van der Waals surface area (Å²) in [4.78, 5) is 1.81. The van der Waals surface area contributed by atoms with E-state index in [0.717, 1.165) is 0 Å². The van der Waals surface area contributed by atoms with Gasteiger partial charge < -0.3 is 5.73 Å². The van der Waals surface area contributed by atoms with Crippen molar-refractivity contribution in [2.45, 2.75) is 39.0 Å². The van der Waals surface area contributed by atoms with Gasteiger partial charge in [-0.15, -0.1) is 0 Å². The smallest absolute Gasteiger partial charge is 0.326 e. The summed E-state index contributed by atoms with van der Waals surface area (Å²) in [6.07, 6.45) is -4.13. The third kappa shape index (κ3) is 2.84. The summed E-state index contributed by atoms with van der Waals surface area (Å²) in [5.41, 5.74) is 5.75. The molecule has 0 aliphatic carbocycles. The molecule has 0 aromatic rings. The fourth-order valence-electron chi connectivity index (χ4n) is 2.05. The van der Waals surface area contributed by atoms with E-state index < -0.39 is 18.0 Å². The van der Waals surface area contributed by atoms with Crippen LogP contribution in [-0.2, 0) is 0 Å². The Balaban J connectivity index is 2.78. The summed E-state index contributed by atoms with van der Waals surface area (Å²) < 4.78 is 38.2. The van der Waals surface area contributed by atoms with Gasteiger partial charge in [0.2, 0.25) is 0 Å². The normalized spacial score (nSPS) is 34.8. The van der Waals surface area contributed by atoms with Crippen LogP contribution in [0.2, 0.25) is 0 Å². The maximum atomic E-state index is 12.7. The number of likely N-dealkylation sites (tertiary alicyclic amines) is 1. The van der Waals surface area contributed by atoms with Crippen LogP contribution in [0.25, 0.3) is 0 Å². The van der Waals surface area contributed by atoms with Crippen molar-refractivity contribution >= 4 is 0 Å². The molecule has 1 aliphatic rings. The second-order valence-corrected chi connectivity index (χ2v) is 4.72. The Morgan fingerprint density at radius 2 is 1.80 bits per heavy atom. The van der Waals surface area contributed by atoms with Gasteiger partial charge >= 0.3 is 6.18 Å². The number of hydrogen-bond donors (Lipinski definition) is 1. The molecule has 3 unspecified atom stereocenters. The maximum Gasteiger partial charge on any atom is 0.393 e. The van der Waals surface area contributed by atoms with Crippen LogP contribution >= 0.6 is 0 Å². The first-order valence-electron chi connectivity index (χ1n) is 5.29. The van der Waals surface area contributed by atoms with Crippen LogP contribution in [0.4, 0.5) is 13.2 Å². The molecular formula is C10H19F3N2. The van der Waals surface area contributed by atoms with Crippen LogP contribution < -0.4 is 5.73 Å². The van der Waals surface area contributed by atoms with Crippen molar-refractivity contribution in [2.24, 2.45) is 17.6 Å². The minimum Gasteiger partial charge on any atom is -0.326 e. The van der Waals surface area contributed by atoms with E-state index in [1.165, 1.54) is 0 Å². The van der Waals surface area contributed by atoms with E-state index in [1.54, 1.807) is 6.92 Å². The Bertz CT molecular complexity index is 215. The van der Waals surface area contributed by atoms with Crippen molar-refractivity contribution in [3.63, 3.8) is 0 Å². The van der Waals surface area contributed by atoms with Gasteiger partial charge in [0.1, 0.15) is 0 Å². The van der Waals surface area contributed by atoms with Crippen LogP contribution in [0, 0.1) is 11.8 Å². The lowest BCUT2D eigenvalue weighted by atomic mass is 9.83. The topological polar surface area (TPSA) is 29.3 Å². The highest BCUT2D eigenvalue weighted by atomic mass is 19.4. The van der Waals surface area contributed by atoms with Crippen LogP contribution in [0.1, 0.15) is 20.8 Å². The number of rotatable bonds is 1. The molecule has 1 heterocycles. The molecule has 0 aromatic heterocycles. The highest BCUT2D eigenvalue weighted by molar-refractivity contribution is 4.90. The van der Waals surface area contributed by atoms with E-state index in [-0.39, 0.29) is 18.6 Å². The van der Waals surface area contributed by atoms with Gasteiger partial charge in [-0.25, -0.2) is 0 Å². The molecule has 5 heteroatoms. The Labute approximate surface area is 88.6 Å². The quantitative estimate of drug-likeness (QED) is 0.736. The van der Waals surface area contributed by atoms with Gasteiger partial charge in [-0.1, -0.05) is 6.92 Å². The first-order valence-corrected chi connectivity index (χ1v) is 5.29. The van der Waals surface area contributed by atoms with E-state index in [1.807, 2.05) is 18.7 Å². The third-order valence-electron chi connectivity index (χ3n) is 3.34. The molecule has 0 saturated carbocycles. The molecule has 90 valence electrons. The van der Waals surface area contributed by atoms with E-state index in [2.05, 4.69) is 0 Å². The molecule has 3 atom stereocenters. The molecule has 0 amide bonds. The Morgan fingerprint density at radius 3 is 2.20 bits per heavy atom. The molecule has 1 saturated heterocycles. The zero-order valence-corrected chi connectivity index (χ0v) is 9.38. The first kappa shape index (κ1) is 12.8. The average Bonchev–Trinajstić information content (AvgIpc) is 2.06. The molecule has 0 aromatic carbocycles. The largest absolute Gasteiger partial charge is 0.393 e. The van der Waals surface area contributed by atoms with Gasteiger partial charge in [0.25, 0.3) is 0 Å². The first-order chi connectivity index (χ1) is 6.73. The van der Waals surface area contributed by atoms with Crippen molar-refractivity contribution in [1.29, 1.82) is 0 Å². The molecule has 1 rings (SSSR count). The number of nitrogens with two attached hydrogens (primary N) is 1. The molecule has 2 nitrogen and oxygen atoms in total. The predicted molar refractivity (Wildman–Crippen MR) is 53.4 cm³/mol. The molecule has 15 heavy (non-hydrogen) atoms. The van der Waals surface area contributed by atoms with Crippen LogP contribution in [0.5, 0.6) is 0 Å². The maximum absolute atomic E-state index is 12.7. The summed E-state index contributed by atoms with van der Waals surface area (Å²) in [6.45, 7) is 6.04. The number of halogens is 3. The highest BCUT2D eigenvalue weighted by Gasteiger charge is 2.48. The lowest BCUT2D eigenvalue weighted by Crippen LogP contribution is -2.57. The summed E-state index contributed by atoms with van der Waals surface area (Å²) >= 11 is 0. The Morgan fingerprint density at radius 1 is 1.27 bits per heavy atom. The van der Waals surface area contributed by atoms with E-state index in [9.17, 15) is 13.2 Å². The fourth-order valence-corrected chi connectivity index (χ4v) is 2.05. The molecule has 1 aliphatic heterocycles. The van der Waals surface area contributed by atoms with Crippen molar-refractivity contribution in [2.75, 3.05) is 13.1 Å². The van der Waals surface area contributed by atoms with E-state index in [4.69, 9.17) is 5.73 Å². The molecule has 0 spiro atoms. The summed E-state index contributed by atoms with van der Waals surface area (Å²) in [6, 6.07) is -0.263. The third-order valence-corrected chi connectivity index (χ3v) is 3.34. The number of piperidine rings is 1. The lowest BCUT2D eigenvalue weighted by molar-refractivity contribution is -0.203. The minimum atomic E-state index is -4.13. The fraction of sp³-hybridized carbons (Fsp3) is 1.00. The van der Waals surface area contributed by atoms with Gasteiger partial charge in [0.05, 0.1) is 5.92 Å². The summed E-state index contributed by atoms with van der Waals surface area (Å²) in [5, 5.41) is 0. The van der Waals surface area contributed by atoms with Crippen LogP contribution in [0.3, 0.4) is 0 Å². The molecule has 1 fully saturated rings. The summed E-state index contributed by atoms with van der Waals surface area (Å²) in [5.74, 6) is -1.77. The van der Waals surface area contributed by atoms with Gasteiger partial charge in [-0.05, 0) is 19.8 Å².